The number of nitrogens with one attached hydrogen (secondary N) is 1. The number of hydrogen-bond donors (Lipinski definition) is 1. The molecule has 0 fully saturated rings. The molecule has 0 radical (unpaired) electrons. The third-order valence-electron chi connectivity index (χ3n) is 2.86. The quantitative estimate of drug-likeness (QED) is 0.674. The van der Waals surface area contributed by atoms with Crippen LogP contribution in [-0.4, -0.2) is 17.4 Å². The Morgan fingerprint density at radius 2 is 2.09 bits per heavy atom. The van der Waals surface area contributed by atoms with Crippen molar-refractivity contribution in [2.75, 3.05) is 11.9 Å². The molecule has 22 heavy (non-hydrogen) atoms. The Morgan fingerprint density at radius 3 is 2.73 bits per heavy atom. The van der Waals surface area contributed by atoms with Crippen LogP contribution in [0.25, 0.3) is 0 Å². The molecule has 0 unspecified atom stereocenters. The molecule has 7 heteroatoms. The number of ether oxygens (including phenoxy) is 1. The summed E-state index contributed by atoms with van der Waals surface area (Å²) in [5.41, 5.74) is 1.08. The van der Waals surface area contributed by atoms with Gasteiger partial charge < -0.3 is 10.1 Å². The van der Waals surface area contributed by atoms with Crippen LogP contribution < -0.4 is 10.1 Å². The van der Waals surface area contributed by atoms with Crippen molar-refractivity contribution >= 4 is 28.9 Å². The number of rotatable bonds is 5. The van der Waals surface area contributed by atoms with Crippen molar-refractivity contribution in [2.45, 2.75) is 6.92 Å². The largest absolute Gasteiger partial charge is 0.484 e. The maximum atomic E-state index is 11.8. The van der Waals surface area contributed by atoms with Crippen LogP contribution in [-0.2, 0) is 4.79 Å². The molecule has 114 valence electrons. The average Bonchev–Trinajstić information content (AvgIpc) is 2.47. The Kier molecular flexibility index (Phi) is 4.95. The summed E-state index contributed by atoms with van der Waals surface area (Å²) in [6.07, 6.45) is 0. The molecule has 2 aromatic carbocycles. The highest BCUT2D eigenvalue weighted by molar-refractivity contribution is 6.30. The molecule has 0 atom stereocenters. The summed E-state index contributed by atoms with van der Waals surface area (Å²) in [7, 11) is 0. The van der Waals surface area contributed by atoms with E-state index in [1.807, 2.05) is 0 Å². The van der Waals surface area contributed by atoms with Crippen molar-refractivity contribution in [2.24, 2.45) is 0 Å². The summed E-state index contributed by atoms with van der Waals surface area (Å²) in [4.78, 5) is 22.0. The molecule has 2 rings (SSSR count). The second-order valence-electron chi connectivity index (χ2n) is 4.55. The Labute approximate surface area is 131 Å². The van der Waals surface area contributed by atoms with Crippen molar-refractivity contribution in [1.29, 1.82) is 0 Å². The molecule has 0 aliphatic heterocycles. The van der Waals surface area contributed by atoms with Gasteiger partial charge in [-0.1, -0.05) is 17.7 Å². The standard InChI is InChI=1S/C15H13ClN2O4/c1-10-7-12(18(20)21)5-6-14(10)17-15(19)9-22-13-4-2-3-11(16)8-13/h2-8H,9H2,1H3,(H,17,19). The predicted octanol–water partition coefficient (Wildman–Crippen LogP) is 3.57. The number of nitro benzene ring substituents is 1. The highest BCUT2D eigenvalue weighted by Gasteiger charge is 2.10. The van der Waals surface area contributed by atoms with Crippen LogP contribution in [0, 0.1) is 17.0 Å². The molecule has 0 heterocycles. The maximum absolute atomic E-state index is 11.8. The second kappa shape index (κ2) is 6.91. The lowest BCUT2D eigenvalue weighted by Crippen LogP contribution is -2.20. The lowest BCUT2D eigenvalue weighted by molar-refractivity contribution is -0.384. The van der Waals surface area contributed by atoms with Crippen molar-refractivity contribution < 1.29 is 14.5 Å². The molecule has 0 saturated heterocycles. The zero-order valence-corrected chi connectivity index (χ0v) is 12.5. The van der Waals surface area contributed by atoms with Crippen molar-refractivity contribution in [1.82, 2.24) is 0 Å². The molecular weight excluding hydrogens is 308 g/mol. The fourth-order valence-electron chi connectivity index (χ4n) is 1.79. The Hall–Kier alpha value is -2.60. The summed E-state index contributed by atoms with van der Waals surface area (Å²) in [5, 5.41) is 13.8. The lowest BCUT2D eigenvalue weighted by atomic mass is 10.2. The zero-order chi connectivity index (χ0) is 16.1. The van der Waals surface area contributed by atoms with Gasteiger partial charge in [-0.2, -0.15) is 0 Å². The number of carbonyl (C=O) groups excluding carboxylic acids is 1. The molecule has 6 nitrogen and oxygen atoms in total. The molecule has 1 N–H and O–H groups in total. The maximum Gasteiger partial charge on any atom is 0.269 e. The summed E-state index contributed by atoms with van der Waals surface area (Å²) >= 11 is 5.82. The highest BCUT2D eigenvalue weighted by Crippen LogP contribution is 2.21. The molecule has 0 spiro atoms. The van der Waals surface area contributed by atoms with Gasteiger partial charge in [0.25, 0.3) is 11.6 Å². The van der Waals surface area contributed by atoms with Gasteiger partial charge in [0, 0.05) is 22.8 Å². The monoisotopic (exact) mass is 320 g/mol. The van der Waals surface area contributed by atoms with E-state index in [1.54, 1.807) is 31.2 Å². The van der Waals surface area contributed by atoms with Crippen LogP contribution >= 0.6 is 11.6 Å². The summed E-state index contributed by atoms with van der Waals surface area (Å²) in [6, 6.07) is 10.9. The van der Waals surface area contributed by atoms with E-state index in [2.05, 4.69) is 5.32 Å². The minimum atomic E-state index is -0.485. The van der Waals surface area contributed by atoms with Gasteiger partial charge in [-0.15, -0.1) is 0 Å². The molecule has 0 aromatic heterocycles. The first-order chi connectivity index (χ1) is 10.5. The molecule has 0 saturated carbocycles. The van der Waals surface area contributed by atoms with Gasteiger partial charge >= 0.3 is 0 Å². The minimum absolute atomic E-state index is 0.0225. The molecular formula is C15H13ClN2O4. The number of benzene rings is 2. The van der Waals surface area contributed by atoms with Crippen molar-refractivity contribution in [3.63, 3.8) is 0 Å². The van der Waals surface area contributed by atoms with Gasteiger partial charge in [0.2, 0.25) is 0 Å². The molecule has 2 aromatic rings. The average molecular weight is 321 g/mol. The van der Waals surface area contributed by atoms with Crippen molar-refractivity contribution in [3.8, 4) is 5.75 Å². The fourth-order valence-corrected chi connectivity index (χ4v) is 1.97. The zero-order valence-electron chi connectivity index (χ0n) is 11.7. The number of aryl methyl sites for hydroxylation is 1. The van der Waals surface area contributed by atoms with E-state index in [4.69, 9.17) is 16.3 Å². The lowest BCUT2D eigenvalue weighted by Gasteiger charge is -2.09. The minimum Gasteiger partial charge on any atom is -0.484 e. The van der Waals surface area contributed by atoms with Gasteiger partial charge in [-0.3, -0.25) is 14.9 Å². The number of anilines is 1. The smallest absolute Gasteiger partial charge is 0.269 e. The number of non-ortho nitro benzene ring substituents is 1. The van der Waals surface area contributed by atoms with E-state index < -0.39 is 4.92 Å². The van der Waals surface area contributed by atoms with Crippen molar-refractivity contribution in [3.05, 3.63) is 63.2 Å². The molecule has 1 amide bonds. The first-order valence-corrected chi connectivity index (χ1v) is 6.77. The molecule has 0 aliphatic carbocycles. The topological polar surface area (TPSA) is 81.5 Å². The van der Waals surface area contributed by atoms with Gasteiger partial charge in [0.1, 0.15) is 5.75 Å². The van der Waals surface area contributed by atoms with E-state index in [-0.39, 0.29) is 18.2 Å². The van der Waals surface area contributed by atoms with E-state index in [0.29, 0.717) is 22.0 Å². The Balaban J connectivity index is 1.96. The molecule has 0 bridgehead atoms. The fraction of sp³-hybridized carbons (Fsp3) is 0.133. The summed E-state index contributed by atoms with van der Waals surface area (Å²) < 4.78 is 5.32. The SMILES string of the molecule is Cc1cc([N+](=O)[O-])ccc1NC(=O)COc1cccc(Cl)c1. The van der Waals surface area contributed by atoms with Crippen LogP contribution in [0.4, 0.5) is 11.4 Å². The van der Waals surface area contributed by atoms with Gasteiger partial charge in [-0.05, 0) is 36.8 Å². The number of nitrogens with zero attached hydrogens (tertiary/aromatic N) is 1. The van der Waals surface area contributed by atoms with Crippen LogP contribution in [0.15, 0.2) is 42.5 Å². The summed E-state index contributed by atoms with van der Waals surface area (Å²) in [5.74, 6) is 0.125. The second-order valence-corrected chi connectivity index (χ2v) is 4.99. The summed E-state index contributed by atoms with van der Waals surface area (Å²) in [6.45, 7) is 1.50. The number of carbonyl (C=O) groups is 1. The van der Waals surface area contributed by atoms with E-state index in [9.17, 15) is 14.9 Å². The number of halogens is 1. The Bertz CT molecular complexity index is 718. The highest BCUT2D eigenvalue weighted by atomic mass is 35.5. The van der Waals surface area contributed by atoms with Crippen LogP contribution in [0.5, 0.6) is 5.75 Å². The van der Waals surface area contributed by atoms with Crippen LogP contribution in [0.3, 0.4) is 0 Å². The third kappa shape index (κ3) is 4.20. The number of nitro groups is 1. The van der Waals surface area contributed by atoms with Crippen LogP contribution in [0.1, 0.15) is 5.56 Å². The van der Waals surface area contributed by atoms with E-state index in [0.717, 1.165) is 0 Å². The van der Waals surface area contributed by atoms with E-state index in [1.165, 1.54) is 18.2 Å². The number of hydrogen-bond acceptors (Lipinski definition) is 4. The van der Waals surface area contributed by atoms with Gasteiger partial charge in [0.15, 0.2) is 6.61 Å². The van der Waals surface area contributed by atoms with Gasteiger partial charge in [-0.25, -0.2) is 0 Å². The normalized spacial score (nSPS) is 10.1. The predicted molar refractivity (Wildman–Crippen MR) is 83.4 cm³/mol. The van der Waals surface area contributed by atoms with E-state index >= 15 is 0 Å². The number of amides is 1. The molecule has 0 aliphatic rings. The van der Waals surface area contributed by atoms with Crippen LogP contribution in [0.2, 0.25) is 5.02 Å². The Morgan fingerprint density at radius 1 is 1.32 bits per heavy atom. The first kappa shape index (κ1) is 15.8. The van der Waals surface area contributed by atoms with Gasteiger partial charge in [0.05, 0.1) is 4.92 Å². The third-order valence-corrected chi connectivity index (χ3v) is 3.10. The first-order valence-electron chi connectivity index (χ1n) is 6.39.